The minimum absolute atomic E-state index is 0.393. The molecular weight excluding hydrogens is 250 g/mol. The number of hydrogen-bond acceptors (Lipinski definition) is 3. The number of hydrogen-bond donors (Lipinski definition) is 1. The van der Waals surface area contributed by atoms with Crippen LogP contribution in [0.25, 0.3) is 0 Å². The number of rotatable bonds is 8. The van der Waals surface area contributed by atoms with Crippen molar-refractivity contribution in [3.05, 3.63) is 29.8 Å². The average molecular weight is 277 g/mol. The van der Waals surface area contributed by atoms with Gasteiger partial charge in [-0.15, -0.1) is 0 Å². The van der Waals surface area contributed by atoms with Crippen LogP contribution < -0.4 is 10.1 Å². The summed E-state index contributed by atoms with van der Waals surface area (Å²) < 4.78 is 11.3. The summed E-state index contributed by atoms with van der Waals surface area (Å²) in [4.78, 5) is 0. The molecule has 0 bridgehead atoms. The molecule has 3 heteroatoms. The fraction of sp³-hybridized carbons (Fsp3) is 0.647. The minimum Gasteiger partial charge on any atom is -0.494 e. The van der Waals surface area contributed by atoms with Crippen LogP contribution >= 0.6 is 0 Å². The summed E-state index contributed by atoms with van der Waals surface area (Å²) in [6.07, 6.45) is 5.16. The number of ether oxygens (including phenoxy) is 2. The van der Waals surface area contributed by atoms with Gasteiger partial charge in [0.05, 0.1) is 12.7 Å². The number of benzene rings is 1. The first-order chi connectivity index (χ1) is 9.83. The lowest BCUT2D eigenvalue weighted by Crippen LogP contribution is -2.22. The Labute approximate surface area is 122 Å². The van der Waals surface area contributed by atoms with E-state index in [0.29, 0.717) is 18.8 Å². The van der Waals surface area contributed by atoms with Gasteiger partial charge in [-0.2, -0.15) is 0 Å². The third-order valence-electron chi connectivity index (χ3n) is 3.82. The van der Waals surface area contributed by atoms with Crippen LogP contribution in [0.15, 0.2) is 24.3 Å². The molecule has 1 N–H and O–H groups in total. The smallest absolute Gasteiger partial charge is 0.119 e. The van der Waals surface area contributed by atoms with Gasteiger partial charge in [0.1, 0.15) is 5.75 Å². The van der Waals surface area contributed by atoms with E-state index in [1.807, 2.05) is 13.0 Å². The topological polar surface area (TPSA) is 30.5 Å². The van der Waals surface area contributed by atoms with Crippen LogP contribution in [0.2, 0.25) is 0 Å². The zero-order valence-corrected chi connectivity index (χ0v) is 12.7. The summed E-state index contributed by atoms with van der Waals surface area (Å²) in [5.41, 5.74) is 1.32. The predicted molar refractivity (Wildman–Crippen MR) is 82.2 cm³/mol. The molecule has 1 aliphatic rings. The molecule has 2 rings (SSSR count). The molecule has 1 fully saturated rings. The Morgan fingerprint density at radius 2 is 2.30 bits per heavy atom. The zero-order chi connectivity index (χ0) is 14.2. The third-order valence-corrected chi connectivity index (χ3v) is 3.82. The molecule has 0 saturated carbocycles. The van der Waals surface area contributed by atoms with Gasteiger partial charge in [-0.1, -0.05) is 19.1 Å². The van der Waals surface area contributed by atoms with Gasteiger partial charge in [0.2, 0.25) is 0 Å². The summed E-state index contributed by atoms with van der Waals surface area (Å²) in [5.74, 6) is 0.963. The van der Waals surface area contributed by atoms with Gasteiger partial charge in [0, 0.05) is 12.6 Å². The maximum Gasteiger partial charge on any atom is 0.119 e. The van der Waals surface area contributed by atoms with Crippen molar-refractivity contribution in [2.75, 3.05) is 19.8 Å². The second-order valence-electron chi connectivity index (χ2n) is 5.33. The zero-order valence-electron chi connectivity index (χ0n) is 12.7. The van der Waals surface area contributed by atoms with Crippen molar-refractivity contribution in [1.82, 2.24) is 5.32 Å². The Hall–Kier alpha value is -1.06. The molecule has 2 unspecified atom stereocenters. The highest BCUT2D eigenvalue weighted by Crippen LogP contribution is 2.26. The van der Waals surface area contributed by atoms with Crippen molar-refractivity contribution in [3.8, 4) is 5.75 Å². The van der Waals surface area contributed by atoms with E-state index >= 15 is 0 Å². The number of nitrogens with one attached hydrogen (secondary N) is 1. The van der Waals surface area contributed by atoms with E-state index < -0.39 is 0 Å². The quantitative estimate of drug-likeness (QED) is 0.786. The van der Waals surface area contributed by atoms with Crippen molar-refractivity contribution in [2.24, 2.45) is 0 Å². The highest BCUT2D eigenvalue weighted by Gasteiger charge is 2.18. The van der Waals surface area contributed by atoms with Crippen molar-refractivity contribution >= 4 is 0 Å². The van der Waals surface area contributed by atoms with Gasteiger partial charge < -0.3 is 14.8 Å². The lowest BCUT2D eigenvalue weighted by atomic mass is 9.99. The van der Waals surface area contributed by atoms with Crippen LogP contribution in [0.3, 0.4) is 0 Å². The lowest BCUT2D eigenvalue weighted by molar-refractivity contribution is 0.0996. The largest absolute Gasteiger partial charge is 0.494 e. The Morgan fingerprint density at radius 1 is 1.40 bits per heavy atom. The van der Waals surface area contributed by atoms with Gasteiger partial charge >= 0.3 is 0 Å². The standard InChI is InChI=1S/C17H27NO2/c1-3-18-17(11-10-15-9-6-12-20-15)14-7-5-8-16(13-14)19-4-2/h5,7-8,13,15,17-18H,3-4,6,9-12H2,1-2H3. The van der Waals surface area contributed by atoms with E-state index in [1.54, 1.807) is 0 Å². The normalized spacial score (nSPS) is 20.0. The molecule has 0 radical (unpaired) electrons. The van der Waals surface area contributed by atoms with Crippen molar-refractivity contribution in [2.45, 2.75) is 51.7 Å². The highest BCUT2D eigenvalue weighted by molar-refractivity contribution is 5.30. The van der Waals surface area contributed by atoms with E-state index in [9.17, 15) is 0 Å². The molecule has 1 heterocycles. The first-order valence-corrected chi connectivity index (χ1v) is 7.91. The van der Waals surface area contributed by atoms with Gasteiger partial charge in [-0.25, -0.2) is 0 Å². The van der Waals surface area contributed by atoms with Crippen LogP contribution in [-0.2, 0) is 4.74 Å². The Bertz CT molecular complexity index is 388. The molecule has 112 valence electrons. The van der Waals surface area contributed by atoms with Gasteiger partial charge in [-0.05, 0) is 56.8 Å². The second-order valence-corrected chi connectivity index (χ2v) is 5.33. The molecule has 1 aromatic rings. The summed E-state index contributed by atoms with van der Waals surface area (Å²) in [5, 5.41) is 3.58. The van der Waals surface area contributed by atoms with Crippen LogP contribution in [0.1, 0.15) is 51.1 Å². The van der Waals surface area contributed by atoms with Gasteiger partial charge in [-0.3, -0.25) is 0 Å². The first kappa shape index (κ1) is 15.3. The summed E-state index contributed by atoms with van der Waals surface area (Å²) in [6, 6.07) is 8.84. The molecule has 3 nitrogen and oxygen atoms in total. The average Bonchev–Trinajstić information content (AvgIpc) is 2.97. The minimum atomic E-state index is 0.393. The maximum atomic E-state index is 5.73. The molecular formula is C17H27NO2. The summed E-state index contributed by atoms with van der Waals surface area (Å²) in [6.45, 7) is 6.81. The Balaban J connectivity index is 1.96. The monoisotopic (exact) mass is 277 g/mol. The second kappa shape index (κ2) is 8.28. The first-order valence-electron chi connectivity index (χ1n) is 7.91. The fourth-order valence-corrected chi connectivity index (χ4v) is 2.85. The Morgan fingerprint density at radius 3 is 3.00 bits per heavy atom. The molecule has 1 saturated heterocycles. The van der Waals surface area contributed by atoms with Crippen molar-refractivity contribution in [1.29, 1.82) is 0 Å². The van der Waals surface area contributed by atoms with E-state index in [4.69, 9.17) is 9.47 Å². The van der Waals surface area contributed by atoms with Crippen molar-refractivity contribution in [3.63, 3.8) is 0 Å². The fourth-order valence-electron chi connectivity index (χ4n) is 2.85. The van der Waals surface area contributed by atoms with Gasteiger partial charge in [0.25, 0.3) is 0 Å². The molecule has 0 spiro atoms. The van der Waals surface area contributed by atoms with E-state index in [1.165, 1.54) is 18.4 Å². The maximum absolute atomic E-state index is 5.73. The molecule has 0 aromatic heterocycles. The van der Waals surface area contributed by atoms with Gasteiger partial charge in [0.15, 0.2) is 0 Å². The molecule has 1 aromatic carbocycles. The lowest BCUT2D eigenvalue weighted by Gasteiger charge is -2.20. The molecule has 20 heavy (non-hydrogen) atoms. The highest BCUT2D eigenvalue weighted by atomic mass is 16.5. The molecule has 1 aliphatic heterocycles. The summed E-state index contributed by atoms with van der Waals surface area (Å²) in [7, 11) is 0. The van der Waals surface area contributed by atoms with Crippen LogP contribution in [-0.4, -0.2) is 25.9 Å². The predicted octanol–water partition coefficient (Wildman–Crippen LogP) is 3.70. The molecule has 0 aliphatic carbocycles. The SMILES string of the molecule is CCNC(CCC1CCCO1)c1cccc(OCC)c1. The summed E-state index contributed by atoms with van der Waals surface area (Å²) >= 11 is 0. The van der Waals surface area contributed by atoms with Crippen LogP contribution in [0.4, 0.5) is 0 Å². The van der Waals surface area contributed by atoms with Crippen LogP contribution in [0, 0.1) is 0 Å². The molecule has 2 atom stereocenters. The van der Waals surface area contributed by atoms with E-state index in [0.717, 1.165) is 31.7 Å². The van der Waals surface area contributed by atoms with Crippen LogP contribution in [0.5, 0.6) is 5.75 Å². The third kappa shape index (κ3) is 4.50. The molecule has 0 amide bonds. The van der Waals surface area contributed by atoms with Crippen molar-refractivity contribution < 1.29 is 9.47 Å². The Kier molecular flexibility index (Phi) is 6.34. The van der Waals surface area contributed by atoms with E-state index in [2.05, 4.69) is 30.4 Å². The van der Waals surface area contributed by atoms with E-state index in [-0.39, 0.29) is 0 Å².